The molecule has 0 rings (SSSR count). The van der Waals surface area contributed by atoms with Crippen LogP contribution in [0.2, 0.25) is 12.1 Å². The summed E-state index contributed by atoms with van der Waals surface area (Å²) < 4.78 is 12.9. The maximum atomic E-state index is 6.43. The first-order valence-corrected chi connectivity index (χ1v) is 18.2. The van der Waals surface area contributed by atoms with Gasteiger partial charge in [0.25, 0.3) is 0 Å². The number of rotatable bonds is 27. The van der Waals surface area contributed by atoms with Crippen molar-refractivity contribution >= 4 is 19.5 Å². The summed E-state index contributed by atoms with van der Waals surface area (Å²) in [6.07, 6.45) is 28.4. The van der Waals surface area contributed by atoms with E-state index in [0.717, 1.165) is 0 Å². The Labute approximate surface area is 208 Å². The lowest BCUT2D eigenvalue weighted by Gasteiger charge is -2.19. The SMILES string of the molecule is CCCCCCCC(CCCC)O[SiH2]CCCC[SiH2]OC(CCCC)CCCCCCC. The molecule has 2 atom stereocenters. The average molecular weight is 487 g/mol. The fraction of sp³-hybridized carbons (Fsp3) is 1.00. The van der Waals surface area contributed by atoms with E-state index in [1.165, 1.54) is 141 Å². The van der Waals surface area contributed by atoms with Crippen molar-refractivity contribution in [3.8, 4) is 0 Å². The van der Waals surface area contributed by atoms with E-state index >= 15 is 0 Å². The van der Waals surface area contributed by atoms with Crippen molar-refractivity contribution in [1.29, 1.82) is 0 Å². The average Bonchev–Trinajstić information content (AvgIpc) is 2.81. The molecule has 0 heterocycles. The van der Waals surface area contributed by atoms with E-state index in [1.54, 1.807) is 0 Å². The summed E-state index contributed by atoms with van der Waals surface area (Å²) in [5.41, 5.74) is 0. The Balaban J connectivity index is 3.78. The predicted molar refractivity (Wildman–Crippen MR) is 151 cm³/mol. The maximum absolute atomic E-state index is 6.43. The van der Waals surface area contributed by atoms with Gasteiger partial charge in [0.1, 0.15) is 0 Å². The van der Waals surface area contributed by atoms with E-state index in [2.05, 4.69) is 27.7 Å². The van der Waals surface area contributed by atoms with Crippen LogP contribution in [-0.2, 0) is 8.85 Å². The highest BCUT2D eigenvalue weighted by atomic mass is 28.2. The van der Waals surface area contributed by atoms with Crippen molar-refractivity contribution in [2.45, 2.75) is 180 Å². The van der Waals surface area contributed by atoms with Crippen LogP contribution in [0.15, 0.2) is 0 Å². The van der Waals surface area contributed by atoms with E-state index in [9.17, 15) is 0 Å². The summed E-state index contributed by atoms with van der Waals surface area (Å²) in [5.74, 6) is 0. The minimum absolute atomic E-state index is 0.313. The third-order valence-corrected chi connectivity index (χ3v) is 9.76. The van der Waals surface area contributed by atoms with Gasteiger partial charge in [-0.15, -0.1) is 0 Å². The third kappa shape index (κ3) is 23.5. The largest absolute Gasteiger partial charge is 0.421 e. The first-order valence-electron chi connectivity index (χ1n) is 15.0. The highest BCUT2D eigenvalue weighted by molar-refractivity contribution is 6.27. The Bertz CT molecular complexity index is 309. The van der Waals surface area contributed by atoms with Gasteiger partial charge in [-0.05, 0) is 37.8 Å². The summed E-state index contributed by atoms with van der Waals surface area (Å²) in [7, 11) is -0.626. The minimum Gasteiger partial charge on any atom is -0.421 e. The van der Waals surface area contributed by atoms with Crippen molar-refractivity contribution in [2.24, 2.45) is 0 Å². The van der Waals surface area contributed by atoms with Gasteiger partial charge in [0.05, 0.1) is 0 Å². The second kappa shape index (κ2) is 27.6. The molecule has 0 radical (unpaired) electrons. The molecule has 0 saturated heterocycles. The molecule has 194 valence electrons. The van der Waals surface area contributed by atoms with Crippen LogP contribution < -0.4 is 0 Å². The Morgan fingerprint density at radius 3 is 1.12 bits per heavy atom. The Morgan fingerprint density at radius 2 is 0.750 bits per heavy atom. The van der Waals surface area contributed by atoms with Crippen LogP contribution in [0, 0.1) is 0 Å². The lowest BCUT2D eigenvalue weighted by molar-refractivity contribution is 0.180. The van der Waals surface area contributed by atoms with Gasteiger partial charge in [-0.25, -0.2) is 0 Å². The van der Waals surface area contributed by atoms with E-state index in [0.29, 0.717) is 12.2 Å². The monoisotopic (exact) mass is 486 g/mol. The van der Waals surface area contributed by atoms with E-state index < -0.39 is 0 Å². The summed E-state index contributed by atoms with van der Waals surface area (Å²) in [4.78, 5) is 0. The van der Waals surface area contributed by atoms with E-state index in [1.807, 2.05) is 0 Å². The molecule has 0 aliphatic carbocycles. The fourth-order valence-corrected chi connectivity index (χ4v) is 7.28. The smallest absolute Gasteiger partial charge is 0.161 e. The van der Waals surface area contributed by atoms with Gasteiger partial charge in [0.2, 0.25) is 0 Å². The van der Waals surface area contributed by atoms with Gasteiger partial charge < -0.3 is 8.85 Å². The van der Waals surface area contributed by atoms with Crippen molar-refractivity contribution in [3.63, 3.8) is 0 Å². The van der Waals surface area contributed by atoms with Gasteiger partial charge in [0.15, 0.2) is 19.5 Å². The molecular formula is C28H62O2Si2. The van der Waals surface area contributed by atoms with Crippen LogP contribution in [0.25, 0.3) is 0 Å². The predicted octanol–water partition coefficient (Wildman–Crippen LogP) is 8.64. The molecular weight excluding hydrogens is 424 g/mol. The fourth-order valence-electron chi connectivity index (χ4n) is 4.49. The van der Waals surface area contributed by atoms with E-state index in [4.69, 9.17) is 8.85 Å². The Morgan fingerprint density at radius 1 is 0.406 bits per heavy atom. The molecule has 0 amide bonds. The summed E-state index contributed by atoms with van der Waals surface area (Å²) in [5, 5.41) is 0. The molecule has 0 spiro atoms. The topological polar surface area (TPSA) is 18.5 Å². The van der Waals surface area contributed by atoms with Gasteiger partial charge in [-0.2, -0.15) is 0 Å². The molecule has 0 aromatic rings. The number of unbranched alkanes of at least 4 members (excludes halogenated alkanes) is 11. The van der Waals surface area contributed by atoms with Gasteiger partial charge in [-0.3, -0.25) is 0 Å². The number of hydrogen-bond donors (Lipinski definition) is 0. The van der Waals surface area contributed by atoms with Gasteiger partial charge in [0, 0.05) is 12.2 Å². The summed E-state index contributed by atoms with van der Waals surface area (Å²) >= 11 is 0. The third-order valence-electron chi connectivity index (χ3n) is 6.76. The quantitative estimate of drug-likeness (QED) is 0.0854. The van der Waals surface area contributed by atoms with Crippen molar-refractivity contribution in [3.05, 3.63) is 0 Å². The molecule has 2 nitrogen and oxygen atoms in total. The molecule has 0 saturated carbocycles. The van der Waals surface area contributed by atoms with Crippen molar-refractivity contribution in [2.75, 3.05) is 0 Å². The zero-order valence-electron chi connectivity index (χ0n) is 22.9. The van der Waals surface area contributed by atoms with Gasteiger partial charge >= 0.3 is 0 Å². The Kier molecular flexibility index (Phi) is 27.9. The van der Waals surface area contributed by atoms with Crippen LogP contribution in [0.3, 0.4) is 0 Å². The van der Waals surface area contributed by atoms with E-state index in [-0.39, 0.29) is 19.5 Å². The second-order valence-corrected chi connectivity index (χ2v) is 13.0. The van der Waals surface area contributed by atoms with Gasteiger partial charge in [-0.1, -0.05) is 130 Å². The van der Waals surface area contributed by atoms with Crippen LogP contribution >= 0.6 is 0 Å². The lowest BCUT2D eigenvalue weighted by atomic mass is 10.0. The molecule has 0 aromatic heterocycles. The molecule has 0 aliphatic rings. The number of hydrogen-bond acceptors (Lipinski definition) is 2. The summed E-state index contributed by atoms with van der Waals surface area (Å²) in [6, 6.07) is 2.76. The zero-order valence-corrected chi connectivity index (χ0v) is 25.8. The first kappa shape index (κ1) is 32.4. The molecule has 2 unspecified atom stereocenters. The lowest BCUT2D eigenvalue weighted by Crippen LogP contribution is -2.16. The Hall–Kier alpha value is 0.354. The second-order valence-electron chi connectivity index (χ2n) is 10.1. The molecule has 0 N–H and O–H groups in total. The minimum atomic E-state index is -0.313. The van der Waals surface area contributed by atoms with Crippen molar-refractivity contribution < 1.29 is 8.85 Å². The molecule has 0 aromatic carbocycles. The molecule has 0 aliphatic heterocycles. The van der Waals surface area contributed by atoms with Crippen LogP contribution in [0.1, 0.15) is 156 Å². The van der Waals surface area contributed by atoms with Crippen LogP contribution in [0.5, 0.6) is 0 Å². The normalized spacial score (nSPS) is 14.2. The highest BCUT2D eigenvalue weighted by Crippen LogP contribution is 2.17. The maximum Gasteiger partial charge on any atom is 0.161 e. The standard InChI is InChI=1S/C28H62O2Si2/c1-5-9-13-15-17-23-27(21-11-7-3)29-31-25-19-20-26-32-30-28(22-12-8-4)24-18-16-14-10-6-2/h27-28H,5-26,31-32H2,1-4H3. The molecule has 0 fully saturated rings. The summed E-state index contributed by atoms with van der Waals surface area (Å²) in [6.45, 7) is 9.21. The zero-order chi connectivity index (χ0) is 23.5. The van der Waals surface area contributed by atoms with Crippen molar-refractivity contribution in [1.82, 2.24) is 0 Å². The molecule has 32 heavy (non-hydrogen) atoms. The van der Waals surface area contributed by atoms with Crippen LogP contribution in [0.4, 0.5) is 0 Å². The van der Waals surface area contributed by atoms with Crippen LogP contribution in [-0.4, -0.2) is 31.7 Å². The molecule has 4 heteroatoms. The first-order chi connectivity index (χ1) is 15.8. The molecule has 0 bridgehead atoms. The highest BCUT2D eigenvalue weighted by Gasteiger charge is 2.10.